The molecule has 29 heavy (non-hydrogen) atoms. The third-order valence-electron chi connectivity index (χ3n) is 4.00. The summed E-state index contributed by atoms with van der Waals surface area (Å²) >= 11 is 0. The van der Waals surface area contributed by atoms with E-state index in [0.29, 0.717) is 11.2 Å². The molecule has 0 bridgehead atoms. The molecule has 3 aromatic heterocycles. The summed E-state index contributed by atoms with van der Waals surface area (Å²) in [5.74, 6) is -0.976. The van der Waals surface area contributed by atoms with Crippen LogP contribution < -0.4 is 10.1 Å². The molecule has 0 aliphatic carbocycles. The van der Waals surface area contributed by atoms with E-state index in [4.69, 9.17) is 4.74 Å². The van der Waals surface area contributed by atoms with Gasteiger partial charge in [0, 0.05) is 31.5 Å². The summed E-state index contributed by atoms with van der Waals surface area (Å²) in [4.78, 5) is 12.4. The fourth-order valence-corrected chi connectivity index (χ4v) is 2.65. The second-order valence-corrected chi connectivity index (χ2v) is 6.29. The van der Waals surface area contributed by atoms with Crippen LogP contribution in [0.4, 0.5) is 13.2 Å². The lowest BCUT2D eigenvalue weighted by molar-refractivity contribution is -0.143. The summed E-state index contributed by atoms with van der Waals surface area (Å²) in [5, 5.41) is 17.6. The van der Waals surface area contributed by atoms with E-state index in [0.717, 1.165) is 6.20 Å². The molecule has 3 rings (SSSR count). The van der Waals surface area contributed by atoms with Crippen molar-refractivity contribution < 1.29 is 22.7 Å². The molecule has 1 N–H and O–H groups in total. The Kier molecular flexibility index (Phi) is 5.80. The van der Waals surface area contributed by atoms with Crippen LogP contribution in [0.15, 0.2) is 36.8 Å². The van der Waals surface area contributed by atoms with E-state index >= 15 is 0 Å². The van der Waals surface area contributed by atoms with Gasteiger partial charge in [-0.2, -0.15) is 23.4 Å². The first-order chi connectivity index (χ1) is 13.8. The molecule has 0 aliphatic heterocycles. The van der Waals surface area contributed by atoms with Crippen LogP contribution in [0.1, 0.15) is 23.0 Å². The number of halogens is 3. The van der Waals surface area contributed by atoms with Gasteiger partial charge in [0.05, 0.1) is 18.9 Å². The van der Waals surface area contributed by atoms with E-state index in [2.05, 4.69) is 25.7 Å². The Morgan fingerprint density at radius 1 is 1.28 bits per heavy atom. The standard InChI is InChI=1S/C17H18F3N7O2/c1-11(10-26-7-3-6-22-26)8-21-16(28)12-9-23-27(15(12)17(18,19)20)13-4-5-14(29-2)25-24-13/h3-7,9,11H,8,10H2,1-2H3,(H,21,28). The minimum atomic E-state index is -4.83. The van der Waals surface area contributed by atoms with Gasteiger partial charge in [-0.15, -0.1) is 10.2 Å². The van der Waals surface area contributed by atoms with Crippen molar-refractivity contribution in [1.82, 2.24) is 35.1 Å². The first kappa shape index (κ1) is 20.3. The molecule has 0 aromatic carbocycles. The van der Waals surface area contributed by atoms with Gasteiger partial charge in [-0.05, 0) is 18.1 Å². The maximum absolute atomic E-state index is 13.7. The molecule has 154 valence electrons. The van der Waals surface area contributed by atoms with E-state index in [-0.39, 0.29) is 24.2 Å². The Bertz CT molecular complexity index is 953. The quantitative estimate of drug-likeness (QED) is 0.640. The molecule has 9 nitrogen and oxygen atoms in total. The molecule has 3 aromatic rings. The number of alkyl halides is 3. The molecule has 0 aliphatic rings. The zero-order valence-corrected chi connectivity index (χ0v) is 15.6. The van der Waals surface area contributed by atoms with Gasteiger partial charge in [0.2, 0.25) is 5.88 Å². The third kappa shape index (κ3) is 4.70. The summed E-state index contributed by atoms with van der Waals surface area (Å²) in [7, 11) is 1.36. The number of amides is 1. The van der Waals surface area contributed by atoms with E-state index in [1.165, 1.54) is 19.2 Å². The van der Waals surface area contributed by atoms with Crippen LogP contribution in [-0.2, 0) is 12.7 Å². The summed E-state index contributed by atoms with van der Waals surface area (Å²) in [5.41, 5.74) is -1.82. The molecule has 0 spiro atoms. The van der Waals surface area contributed by atoms with Crippen LogP contribution in [0.3, 0.4) is 0 Å². The van der Waals surface area contributed by atoms with Crippen LogP contribution in [0, 0.1) is 5.92 Å². The van der Waals surface area contributed by atoms with Gasteiger partial charge < -0.3 is 10.1 Å². The van der Waals surface area contributed by atoms with Crippen molar-refractivity contribution in [3.63, 3.8) is 0 Å². The third-order valence-corrected chi connectivity index (χ3v) is 4.00. The molecule has 3 heterocycles. The summed E-state index contributed by atoms with van der Waals surface area (Å²) in [6.07, 6.45) is -0.578. The SMILES string of the molecule is COc1ccc(-n2ncc(C(=O)NCC(C)Cn3cccn3)c2C(F)(F)F)nn1. The molecule has 12 heteroatoms. The topological polar surface area (TPSA) is 99.8 Å². The van der Waals surface area contributed by atoms with Gasteiger partial charge in [-0.3, -0.25) is 9.48 Å². The molecule has 0 radical (unpaired) electrons. The van der Waals surface area contributed by atoms with Crippen LogP contribution in [0.25, 0.3) is 5.82 Å². The largest absolute Gasteiger partial charge is 0.480 e. The number of carbonyl (C=O) groups is 1. The highest BCUT2D eigenvalue weighted by molar-refractivity contribution is 5.95. The smallest absolute Gasteiger partial charge is 0.434 e. The summed E-state index contributed by atoms with van der Waals surface area (Å²) in [6, 6.07) is 4.38. The number of ether oxygens (including phenoxy) is 1. The van der Waals surface area contributed by atoms with Gasteiger partial charge >= 0.3 is 6.18 Å². The van der Waals surface area contributed by atoms with Gasteiger partial charge in [-0.25, -0.2) is 4.68 Å². The molecule has 0 saturated heterocycles. The Labute approximate surface area is 163 Å². The zero-order valence-electron chi connectivity index (χ0n) is 15.6. The highest BCUT2D eigenvalue weighted by Gasteiger charge is 2.41. The predicted octanol–water partition coefficient (Wildman–Crippen LogP) is 1.95. The average molecular weight is 409 g/mol. The maximum Gasteiger partial charge on any atom is 0.434 e. The lowest BCUT2D eigenvalue weighted by Gasteiger charge is -2.14. The van der Waals surface area contributed by atoms with E-state index < -0.39 is 23.3 Å². The number of hydrogen-bond donors (Lipinski definition) is 1. The van der Waals surface area contributed by atoms with Crippen molar-refractivity contribution in [2.45, 2.75) is 19.6 Å². The molecule has 1 atom stereocenters. The van der Waals surface area contributed by atoms with Crippen LogP contribution in [0.2, 0.25) is 0 Å². The van der Waals surface area contributed by atoms with Crippen molar-refractivity contribution in [3.05, 3.63) is 48.0 Å². The van der Waals surface area contributed by atoms with Gasteiger partial charge in [-0.1, -0.05) is 6.92 Å². The number of methoxy groups -OCH3 is 1. The number of carbonyl (C=O) groups excluding carboxylic acids is 1. The Balaban J connectivity index is 1.79. The number of nitrogens with one attached hydrogen (secondary N) is 1. The van der Waals surface area contributed by atoms with E-state index in [9.17, 15) is 18.0 Å². The Morgan fingerprint density at radius 3 is 2.66 bits per heavy atom. The Morgan fingerprint density at radius 2 is 2.07 bits per heavy atom. The molecular weight excluding hydrogens is 391 g/mol. The fraction of sp³-hybridized carbons (Fsp3) is 0.353. The highest BCUT2D eigenvalue weighted by atomic mass is 19.4. The van der Waals surface area contributed by atoms with E-state index in [1.807, 2.05) is 6.92 Å². The molecular formula is C17H18F3N7O2. The molecule has 0 fully saturated rings. The van der Waals surface area contributed by atoms with E-state index in [1.54, 1.807) is 23.1 Å². The monoisotopic (exact) mass is 409 g/mol. The first-order valence-corrected chi connectivity index (χ1v) is 8.58. The van der Waals surface area contributed by atoms with Crippen molar-refractivity contribution in [3.8, 4) is 11.7 Å². The number of hydrogen-bond acceptors (Lipinski definition) is 6. The summed E-state index contributed by atoms with van der Waals surface area (Å²) in [6.45, 7) is 2.53. The minimum absolute atomic E-state index is 0.0457. The fourth-order valence-electron chi connectivity index (χ4n) is 2.65. The van der Waals surface area contributed by atoms with Crippen molar-refractivity contribution in [2.24, 2.45) is 5.92 Å². The molecule has 1 unspecified atom stereocenters. The van der Waals surface area contributed by atoms with Gasteiger partial charge in [0.25, 0.3) is 5.91 Å². The van der Waals surface area contributed by atoms with Crippen LogP contribution in [-0.4, -0.2) is 49.3 Å². The van der Waals surface area contributed by atoms with Crippen LogP contribution >= 0.6 is 0 Å². The second kappa shape index (κ2) is 8.29. The second-order valence-electron chi connectivity index (χ2n) is 6.29. The molecule has 1 amide bonds. The maximum atomic E-state index is 13.7. The van der Waals surface area contributed by atoms with Crippen molar-refractivity contribution >= 4 is 5.91 Å². The van der Waals surface area contributed by atoms with Gasteiger partial charge in [0.15, 0.2) is 11.5 Å². The van der Waals surface area contributed by atoms with Crippen molar-refractivity contribution in [2.75, 3.05) is 13.7 Å². The Hall–Kier alpha value is -3.44. The van der Waals surface area contributed by atoms with Gasteiger partial charge in [0.1, 0.15) is 0 Å². The highest BCUT2D eigenvalue weighted by Crippen LogP contribution is 2.33. The predicted molar refractivity (Wildman–Crippen MR) is 94.4 cm³/mol. The minimum Gasteiger partial charge on any atom is -0.480 e. The number of rotatable bonds is 7. The summed E-state index contributed by atoms with van der Waals surface area (Å²) < 4.78 is 48.0. The lowest BCUT2D eigenvalue weighted by Crippen LogP contribution is -2.31. The van der Waals surface area contributed by atoms with Crippen molar-refractivity contribution in [1.29, 1.82) is 0 Å². The lowest BCUT2D eigenvalue weighted by atomic mass is 10.1. The average Bonchev–Trinajstić information content (AvgIpc) is 3.35. The zero-order chi connectivity index (χ0) is 21.0. The molecule has 0 saturated carbocycles. The van der Waals surface area contributed by atoms with Crippen LogP contribution in [0.5, 0.6) is 5.88 Å². The normalized spacial score (nSPS) is 12.6. The first-order valence-electron chi connectivity index (χ1n) is 8.58. The number of aromatic nitrogens is 6. The number of nitrogens with zero attached hydrogens (tertiary/aromatic N) is 6.